The molecule has 0 aliphatic heterocycles. The molecule has 0 bridgehead atoms. The van der Waals surface area contributed by atoms with E-state index in [9.17, 15) is 12.8 Å². The van der Waals surface area contributed by atoms with E-state index in [2.05, 4.69) is 5.32 Å². The van der Waals surface area contributed by atoms with Crippen LogP contribution in [0, 0.1) is 5.82 Å². The Bertz CT molecular complexity index is 765. The van der Waals surface area contributed by atoms with Crippen LogP contribution in [-0.4, -0.2) is 8.42 Å². The quantitative estimate of drug-likeness (QED) is 0.904. The maximum atomic E-state index is 13.7. The van der Waals surface area contributed by atoms with E-state index in [1.165, 1.54) is 24.3 Å². The van der Waals surface area contributed by atoms with Gasteiger partial charge in [0.2, 0.25) is 10.0 Å². The summed E-state index contributed by atoms with van der Waals surface area (Å²) in [5.41, 5.74) is 0.962. The molecule has 21 heavy (non-hydrogen) atoms. The second kappa shape index (κ2) is 6.01. The summed E-state index contributed by atoms with van der Waals surface area (Å²) < 4.78 is 36.4. The molecule has 0 saturated carbocycles. The number of hydrogen-bond acceptors (Lipinski definition) is 3. The third-order valence-electron chi connectivity index (χ3n) is 2.99. The molecule has 0 amide bonds. The fourth-order valence-corrected chi connectivity index (χ4v) is 2.61. The highest BCUT2D eigenvalue weighted by Gasteiger charge is 2.13. The fourth-order valence-electron chi connectivity index (χ4n) is 1.88. The first kappa shape index (κ1) is 15.8. The van der Waals surface area contributed by atoms with Gasteiger partial charge in [0.25, 0.3) is 0 Å². The normalized spacial score (nSPS) is 13.0. The van der Waals surface area contributed by atoms with Crippen LogP contribution in [0.4, 0.5) is 10.1 Å². The van der Waals surface area contributed by atoms with Crippen LogP contribution in [0.5, 0.6) is 0 Å². The molecular weight excluding hydrogens is 315 g/mol. The van der Waals surface area contributed by atoms with Crippen LogP contribution < -0.4 is 10.5 Å². The van der Waals surface area contributed by atoms with Crippen molar-refractivity contribution < 1.29 is 12.8 Å². The summed E-state index contributed by atoms with van der Waals surface area (Å²) in [6, 6.07) is 10.2. The molecule has 0 heterocycles. The fraction of sp³-hybridized carbons (Fsp3) is 0.143. The van der Waals surface area contributed by atoms with Crippen LogP contribution in [0.3, 0.4) is 0 Å². The predicted octanol–water partition coefficient (Wildman–Crippen LogP) is 3.30. The number of rotatable bonds is 4. The highest BCUT2D eigenvalue weighted by molar-refractivity contribution is 7.89. The molecule has 0 saturated heterocycles. The Balaban J connectivity index is 2.26. The van der Waals surface area contributed by atoms with Crippen LogP contribution in [0.15, 0.2) is 47.4 Å². The molecular formula is C14H14ClFN2O2S. The van der Waals surface area contributed by atoms with Crippen LogP contribution in [0.2, 0.25) is 5.02 Å². The summed E-state index contributed by atoms with van der Waals surface area (Å²) in [5, 5.41) is 8.37. The Morgan fingerprint density at radius 1 is 1.24 bits per heavy atom. The summed E-state index contributed by atoms with van der Waals surface area (Å²) in [5.74, 6) is -0.475. The van der Waals surface area contributed by atoms with Crippen molar-refractivity contribution in [1.82, 2.24) is 0 Å². The SMILES string of the molecule is CC(Nc1ccc(Cl)cc1F)c1cccc(S(N)(=O)=O)c1. The summed E-state index contributed by atoms with van der Waals surface area (Å²) in [7, 11) is -3.76. The topological polar surface area (TPSA) is 72.2 Å². The Hall–Kier alpha value is -1.63. The molecule has 7 heteroatoms. The van der Waals surface area contributed by atoms with E-state index in [-0.39, 0.29) is 16.6 Å². The molecule has 112 valence electrons. The molecule has 4 nitrogen and oxygen atoms in total. The zero-order valence-corrected chi connectivity index (χ0v) is 12.7. The van der Waals surface area contributed by atoms with Gasteiger partial charge in [0.1, 0.15) is 5.82 Å². The summed E-state index contributed by atoms with van der Waals surface area (Å²) in [6.45, 7) is 1.79. The molecule has 0 fully saturated rings. The average molecular weight is 329 g/mol. The van der Waals surface area contributed by atoms with Crippen molar-refractivity contribution in [3.05, 3.63) is 58.9 Å². The lowest BCUT2D eigenvalue weighted by atomic mass is 10.1. The van der Waals surface area contributed by atoms with E-state index in [1.54, 1.807) is 25.1 Å². The molecule has 0 radical (unpaired) electrons. The number of benzene rings is 2. The van der Waals surface area contributed by atoms with Crippen LogP contribution in [0.1, 0.15) is 18.5 Å². The number of hydrogen-bond donors (Lipinski definition) is 2. The van der Waals surface area contributed by atoms with E-state index in [4.69, 9.17) is 16.7 Å². The van der Waals surface area contributed by atoms with Crippen molar-refractivity contribution in [2.45, 2.75) is 17.9 Å². The first-order valence-electron chi connectivity index (χ1n) is 6.12. The molecule has 0 spiro atoms. The van der Waals surface area contributed by atoms with Crippen LogP contribution >= 0.6 is 11.6 Å². The molecule has 1 atom stereocenters. The second-order valence-corrected chi connectivity index (χ2v) is 6.61. The van der Waals surface area contributed by atoms with Crippen molar-refractivity contribution in [3.8, 4) is 0 Å². The molecule has 1 unspecified atom stereocenters. The van der Waals surface area contributed by atoms with Gasteiger partial charge < -0.3 is 5.32 Å². The zero-order valence-electron chi connectivity index (χ0n) is 11.2. The van der Waals surface area contributed by atoms with Crippen molar-refractivity contribution in [1.29, 1.82) is 0 Å². The highest BCUT2D eigenvalue weighted by Crippen LogP contribution is 2.25. The third kappa shape index (κ3) is 3.93. The Kier molecular flexibility index (Phi) is 4.51. The molecule has 3 N–H and O–H groups in total. The number of primary sulfonamides is 1. The minimum atomic E-state index is -3.76. The van der Waals surface area contributed by atoms with E-state index in [1.807, 2.05) is 0 Å². The molecule has 0 aromatic heterocycles. The molecule has 0 aliphatic rings. The number of sulfonamides is 1. The summed E-state index contributed by atoms with van der Waals surface area (Å²) in [6.07, 6.45) is 0. The molecule has 0 aliphatic carbocycles. The van der Waals surface area contributed by atoms with Gasteiger partial charge in [0.15, 0.2) is 0 Å². The first-order valence-corrected chi connectivity index (χ1v) is 8.04. The Labute approximate surface area is 127 Å². The zero-order chi connectivity index (χ0) is 15.6. The second-order valence-electron chi connectivity index (χ2n) is 4.61. The van der Waals surface area contributed by atoms with Crippen molar-refractivity contribution >= 4 is 27.3 Å². The van der Waals surface area contributed by atoms with Gasteiger partial charge in [-0.3, -0.25) is 0 Å². The Morgan fingerprint density at radius 3 is 2.57 bits per heavy atom. The minimum Gasteiger partial charge on any atom is -0.376 e. The molecule has 2 aromatic carbocycles. The smallest absolute Gasteiger partial charge is 0.238 e. The monoisotopic (exact) mass is 328 g/mol. The van der Waals surface area contributed by atoms with Crippen molar-refractivity contribution in [2.75, 3.05) is 5.32 Å². The lowest BCUT2D eigenvalue weighted by molar-refractivity contribution is 0.597. The lowest BCUT2D eigenvalue weighted by Crippen LogP contribution is -2.14. The molecule has 2 rings (SSSR count). The van der Waals surface area contributed by atoms with E-state index in [0.717, 1.165) is 0 Å². The number of nitrogens with two attached hydrogens (primary N) is 1. The third-order valence-corrected chi connectivity index (χ3v) is 4.14. The van der Waals surface area contributed by atoms with Gasteiger partial charge >= 0.3 is 0 Å². The van der Waals surface area contributed by atoms with Gasteiger partial charge in [0.05, 0.1) is 10.6 Å². The van der Waals surface area contributed by atoms with E-state index >= 15 is 0 Å². The predicted molar refractivity (Wildman–Crippen MR) is 81.3 cm³/mol. The Morgan fingerprint density at radius 2 is 1.95 bits per heavy atom. The largest absolute Gasteiger partial charge is 0.376 e. The van der Waals surface area contributed by atoms with Gasteiger partial charge in [-0.15, -0.1) is 0 Å². The van der Waals surface area contributed by atoms with Crippen molar-refractivity contribution in [3.63, 3.8) is 0 Å². The summed E-state index contributed by atoms with van der Waals surface area (Å²) in [4.78, 5) is 0.0187. The van der Waals surface area contributed by atoms with Gasteiger partial charge in [-0.05, 0) is 42.8 Å². The lowest BCUT2D eigenvalue weighted by Gasteiger charge is -2.17. The van der Waals surface area contributed by atoms with Crippen LogP contribution in [0.25, 0.3) is 0 Å². The number of nitrogens with one attached hydrogen (secondary N) is 1. The average Bonchev–Trinajstić information content (AvgIpc) is 2.41. The highest BCUT2D eigenvalue weighted by atomic mass is 35.5. The van der Waals surface area contributed by atoms with E-state index in [0.29, 0.717) is 10.6 Å². The number of halogens is 2. The first-order chi connectivity index (χ1) is 9.77. The summed E-state index contributed by atoms with van der Waals surface area (Å²) >= 11 is 5.69. The molecule has 2 aromatic rings. The standard InChI is InChI=1S/C14H14ClFN2O2S/c1-9(18-14-6-5-11(15)8-13(14)16)10-3-2-4-12(7-10)21(17,19)20/h2-9,18H,1H3,(H2,17,19,20). The number of anilines is 1. The minimum absolute atomic E-state index is 0.0187. The van der Waals surface area contributed by atoms with Gasteiger partial charge in [-0.1, -0.05) is 23.7 Å². The van der Waals surface area contributed by atoms with Crippen molar-refractivity contribution in [2.24, 2.45) is 5.14 Å². The van der Waals surface area contributed by atoms with Gasteiger partial charge in [-0.2, -0.15) is 0 Å². The van der Waals surface area contributed by atoms with E-state index < -0.39 is 15.8 Å². The maximum absolute atomic E-state index is 13.7. The van der Waals surface area contributed by atoms with Crippen LogP contribution in [-0.2, 0) is 10.0 Å². The van der Waals surface area contributed by atoms with Gasteiger partial charge in [0, 0.05) is 11.1 Å². The maximum Gasteiger partial charge on any atom is 0.238 e. The van der Waals surface area contributed by atoms with Gasteiger partial charge in [-0.25, -0.2) is 17.9 Å².